The summed E-state index contributed by atoms with van der Waals surface area (Å²) in [5.74, 6) is 0.199. The number of fused-ring (bicyclic) bond motifs is 1. The lowest BCUT2D eigenvalue weighted by Crippen LogP contribution is -2.27. The van der Waals surface area contributed by atoms with Crippen molar-refractivity contribution >= 4 is 32.5 Å². The van der Waals surface area contributed by atoms with Crippen LogP contribution in [0.4, 0.5) is 0 Å². The minimum Gasteiger partial charge on any atom is -0.317 e. The summed E-state index contributed by atoms with van der Waals surface area (Å²) in [6.07, 6.45) is 3.07. The van der Waals surface area contributed by atoms with E-state index in [0.29, 0.717) is 10.5 Å². The molecule has 1 aromatic carbocycles. The lowest BCUT2D eigenvalue weighted by Gasteiger charge is -2.25. The normalized spacial score (nSPS) is 17.0. The molecule has 6 nitrogen and oxygen atoms in total. The zero-order valence-corrected chi connectivity index (χ0v) is 14.5. The molecule has 0 unspecified atom stereocenters. The number of sulfone groups is 1. The number of piperidine rings is 1. The second kappa shape index (κ2) is 6.30. The molecule has 1 saturated heterocycles. The zero-order chi connectivity index (χ0) is 16.6. The summed E-state index contributed by atoms with van der Waals surface area (Å²) in [6.45, 7) is 1.96. The Balaban J connectivity index is 2.14. The maximum absolute atomic E-state index is 12.3. The molecule has 0 saturated carbocycles. The van der Waals surface area contributed by atoms with Crippen molar-refractivity contribution in [1.82, 2.24) is 14.9 Å². The number of rotatable bonds is 4. The van der Waals surface area contributed by atoms with Crippen molar-refractivity contribution in [1.29, 1.82) is 0 Å². The van der Waals surface area contributed by atoms with Crippen molar-refractivity contribution in [2.24, 2.45) is 0 Å². The average molecular weight is 358 g/mol. The summed E-state index contributed by atoms with van der Waals surface area (Å²) in [5, 5.41) is 3.95. The number of H-pyrrole nitrogens is 1. The first-order valence-electron chi connectivity index (χ1n) is 7.66. The molecule has 2 aromatic rings. The topological polar surface area (TPSA) is 84.0 Å². The first-order valence-corrected chi connectivity index (χ1v) is 10.1. The van der Waals surface area contributed by atoms with Gasteiger partial charge < -0.3 is 10.3 Å². The smallest absolute Gasteiger partial charge is 0.317 e. The van der Waals surface area contributed by atoms with E-state index in [1.54, 1.807) is 12.1 Å². The molecule has 3 rings (SSSR count). The lowest BCUT2D eigenvalue weighted by atomic mass is 9.89. The van der Waals surface area contributed by atoms with Crippen LogP contribution in [0.1, 0.15) is 24.3 Å². The Kier molecular flexibility index (Phi) is 4.53. The van der Waals surface area contributed by atoms with Gasteiger partial charge in [0.05, 0.1) is 16.8 Å². The molecule has 23 heavy (non-hydrogen) atoms. The number of imidazole rings is 1. The van der Waals surface area contributed by atoms with Crippen LogP contribution < -0.4 is 11.0 Å². The van der Waals surface area contributed by atoms with Gasteiger partial charge in [-0.15, -0.1) is 0 Å². The van der Waals surface area contributed by atoms with Gasteiger partial charge in [0.1, 0.15) is 9.84 Å². The Labute approximate surface area is 139 Å². The molecule has 0 atom stereocenters. The molecular weight excluding hydrogens is 338 g/mol. The predicted octanol–water partition coefficient (Wildman–Crippen LogP) is 1.49. The fourth-order valence-corrected chi connectivity index (χ4v) is 4.05. The maximum Gasteiger partial charge on any atom is 0.326 e. The number of halogens is 1. The molecular formula is C15H20ClN3O3S. The Bertz CT molecular complexity index is 879. The van der Waals surface area contributed by atoms with Crippen LogP contribution >= 0.6 is 11.6 Å². The van der Waals surface area contributed by atoms with Crippen molar-refractivity contribution < 1.29 is 8.42 Å². The summed E-state index contributed by atoms with van der Waals surface area (Å²) < 4.78 is 24.4. The molecule has 0 radical (unpaired) electrons. The van der Waals surface area contributed by atoms with Crippen molar-refractivity contribution in [3.8, 4) is 0 Å². The predicted molar refractivity (Wildman–Crippen MR) is 92.1 cm³/mol. The molecule has 0 bridgehead atoms. The Hall–Kier alpha value is -1.31. The van der Waals surface area contributed by atoms with Gasteiger partial charge in [-0.25, -0.2) is 13.2 Å². The van der Waals surface area contributed by atoms with Crippen LogP contribution in [0.25, 0.3) is 11.0 Å². The van der Waals surface area contributed by atoms with E-state index in [4.69, 9.17) is 11.6 Å². The standard InChI is InChI=1S/C15H20ClN3O3S/c1-23(21,22)9-8-19-14-12(18-15(19)20)3-2-11(16)13(14)10-4-6-17-7-5-10/h2-3,10,17H,4-9H2,1H3,(H,18,20). The third kappa shape index (κ3) is 3.46. The van der Waals surface area contributed by atoms with E-state index in [9.17, 15) is 13.2 Å². The largest absolute Gasteiger partial charge is 0.326 e. The van der Waals surface area contributed by atoms with Gasteiger partial charge in [0.15, 0.2) is 0 Å². The molecule has 0 amide bonds. The fraction of sp³-hybridized carbons (Fsp3) is 0.533. The summed E-state index contributed by atoms with van der Waals surface area (Å²) in [6, 6.07) is 3.58. The van der Waals surface area contributed by atoms with Gasteiger partial charge in [-0.1, -0.05) is 11.6 Å². The number of aromatic nitrogens is 2. The van der Waals surface area contributed by atoms with Crippen molar-refractivity contribution in [3.63, 3.8) is 0 Å². The van der Waals surface area contributed by atoms with Crippen LogP contribution in [0, 0.1) is 0 Å². The van der Waals surface area contributed by atoms with Crippen LogP contribution in [-0.2, 0) is 16.4 Å². The number of nitrogens with one attached hydrogen (secondary N) is 2. The Morgan fingerprint density at radius 1 is 1.30 bits per heavy atom. The highest BCUT2D eigenvalue weighted by Crippen LogP contribution is 2.36. The van der Waals surface area contributed by atoms with Gasteiger partial charge in [-0.3, -0.25) is 4.57 Å². The number of hydrogen-bond acceptors (Lipinski definition) is 4. The zero-order valence-electron chi connectivity index (χ0n) is 12.9. The van der Waals surface area contributed by atoms with Crippen LogP contribution in [0.15, 0.2) is 16.9 Å². The van der Waals surface area contributed by atoms with E-state index >= 15 is 0 Å². The summed E-state index contributed by atoms with van der Waals surface area (Å²) >= 11 is 6.44. The second-order valence-electron chi connectivity index (χ2n) is 6.09. The fourth-order valence-electron chi connectivity index (χ4n) is 3.23. The van der Waals surface area contributed by atoms with E-state index in [1.807, 2.05) is 0 Å². The first kappa shape index (κ1) is 16.5. The molecule has 2 heterocycles. The molecule has 8 heteroatoms. The summed E-state index contributed by atoms with van der Waals surface area (Å²) in [5.41, 5.74) is 2.12. The van der Waals surface area contributed by atoms with E-state index in [0.717, 1.165) is 37.0 Å². The van der Waals surface area contributed by atoms with E-state index < -0.39 is 9.84 Å². The van der Waals surface area contributed by atoms with Crippen molar-refractivity contribution in [2.45, 2.75) is 25.3 Å². The van der Waals surface area contributed by atoms with E-state index in [2.05, 4.69) is 10.3 Å². The molecule has 0 aliphatic carbocycles. The summed E-state index contributed by atoms with van der Waals surface area (Å²) in [7, 11) is -3.15. The highest BCUT2D eigenvalue weighted by Gasteiger charge is 2.23. The number of benzene rings is 1. The number of hydrogen-bond donors (Lipinski definition) is 2. The van der Waals surface area contributed by atoms with Gasteiger partial charge >= 0.3 is 5.69 Å². The van der Waals surface area contributed by atoms with Gasteiger partial charge in [-0.2, -0.15) is 0 Å². The number of aryl methyl sites for hydroxylation is 1. The molecule has 1 fully saturated rings. The average Bonchev–Trinajstić information content (AvgIpc) is 2.81. The molecule has 2 N–H and O–H groups in total. The van der Waals surface area contributed by atoms with Crippen LogP contribution in [0.2, 0.25) is 5.02 Å². The second-order valence-corrected chi connectivity index (χ2v) is 8.76. The van der Waals surface area contributed by atoms with Gasteiger partial charge in [0.25, 0.3) is 0 Å². The molecule has 1 aliphatic heterocycles. The third-order valence-corrected chi connectivity index (χ3v) is 5.61. The maximum atomic E-state index is 12.3. The quantitative estimate of drug-likeness (QED) is 0.868. The van der Waals surface area contributed by atoms with E-state index in [1.165, 1.54) is 10.8 Å². The Morgan fingerprint density at radius 3 is 2.65 bits per heavy atom. The van der Waals surface area contributed by atoms with E-state index in [-0.39, 0.29) is 23.9 Å². The van der Waals surface area contributed by atoms with Gasteiger partial charge in [-0.05, 0) is 49.5 Å². The Morgan fingerprint density at radius 2 is 2.00 bits per heavy atom. The number of aromatic amines is 1. The minimum absolute atomic E-state index is 0.0714. The van der Waals surface area contributed by atoms with Gasteiger partial charge in [0, 0.05) is 17.8 Å². The van der Waals surface area contributed by atoms with Crippen LogP contribution in [0.5, 0.6) is 0 Å². The van der Waals surface area contributed by atoms with Crippen LogP contribution in [-0.4, -0.2) is 43.1 Å². The molecule has 0 spiro atoms. The number of nitrogens with zero attached hydrogens (tertiary/aromatic N) is 1. The molecule has 1 aliphatic rings. The summed E-state index contributed by atoms with van der Waals surface area (Å²) in [4.78, 5) is 15.1. The van der Waals surface area contributed by atoms with Crippen molar-refractivity contribution in [3.05, 3.63) is 33.2 Å². The minimum atomic E-state index is -3.15. The van der Waals surface area contributed by atoms with Gasteiger partial charge in [0.2, 0.25) is 0 Å². The van der Waals surface area contributed by atoms with Crippen molar-refractivity contribution in [2.75, 3.05) is 25.1 Å². The molecule has 126 valence electrons. The molecule has 1 aromatic heterocycles. The highest BCUT2D eigenvalue weighted by molar-refractivity contribution is 7.90. The first-order chi connectivity index (χ1) is 10.9. The van der Waals surface area contributed by atoms with Crippen LogP contribution in [0.3, 0.4) is 0 Å². The monoisotopic (exact) mass is 357 g/mol. The SMILES string of the molecule is CS(=O)(=O)CCn1c(=O)[nH]c2ccc(Cl)c(C3CCNCC3)c21. The lowest BCUT2D eigenvalue weighted by molar-refractivity contribution is 0.461. The third-order valence-electron chi connectivity index (χ3n) is 4.35. The highest BCUT2D eigenvalue weighted by atomic mass is 35.5.